The number of para-hydroxylation sites is 1. The maximum Gasteiger partial charge on any atom is 0.0359 e. The molecule has 0 spiro atoms. The van der Waals surface area contributed by atoms with Gasteiger partial charge in [0.25, 0.3) is 0 Å². The van der Waals surface area contributed by atoms with Crippen molar-refractivity contribution in [2.45, 2.75) is 39.8 Å². The first-order valence-electron chi connectivity index (χ1n) is 7.57. The molecule has 0 aliphatic rings. The lowest BCUT2D eigenvalue weighted by molar-refractivity contribution is 0.310. The molecule has 21 heavy (non-hydrogen) atoms. The second kappa shape index (κ2) is 6.77. The van der Waals surface area contributed by atoms with E-state index >= 15 is 0 Å². The monoisotopic (exact) mass is 282 g/mol. The Kier molecular flexibility index (Phi) is 5.03. The standard InChI is InChI=1S/C19H26N2/c1-19(2,3)13-18(15-9-5-4-6-10-15)21-14-16-11-7-8-12-17(16)20/h4-12,18,21H,13-14,20H2,1-3H3. The van der Waals surface area contributed by atoms with E-state index in [1.807, 2.05) is 18.2 Å². The van der Waals surface area contributed by atoms with Gasteiger partial charge in [-0.05, 0) is 29.0 Å². The van der Waals surface area contributed by atoms with Crippen molar-refractivity contribution in [2.75, 3.05) is 5.73 Å². The summed E-state index contributed by atoms with van der Waals surface area (Å²) in [5.74, 6) is 0. The number of nitrogen functional groups attached to an aromatic ring is 1. The lowest BCUT2D eigenvalue weighted by atomic mass is 9.85. The average molecular weight is 282 g/mol. The summed E-state index contributed by atoms with van der Waals surface area (Å²) in [5.41, 5.74) is 9.66. The summed E-state index contributed by atoms with van der Waals surface area (Å²) in [6, 6.07) is 19.0. The van der Waals surface area contributed by atoms with Crippen molar-refractivity contribution in [1.29, 1.82) is 0 Å². The highest BCUT2D eigenvalue weighted by Crippen LogP contribution is 2.29. The van der Waals surface area contributed by atoms with Crippen molar-refractivity contribution in [2.24, 2.45) is 5.41 Å². The van der Waals surface area contributed by atoms with Crippen LogP contribution in [0.25, 0.3) is 0 Å². The molecule has 1 atom stereocenters. The van der Waals surface area contributed by atoms with E-state index in [1.54, 1.807) is 0 Å². The molecule has 0 radical (unpaired) electrons. The summed E-state index contributed by atoms with van der Waals surface area (Å²) in [6.07, 6.45) is 1.09. The van der Waals surface area contributed by atoms with Gasteiger partial charge in [0.05, 0.1) is 0 Å². The van der Waals surface area contributed by atoms with Crippen molar-refractivity contribution in [3.05, 3.63) is 65.7 Å². The fraction of sp³-hybridized carbons (Fsp3) is 0.368. The van der Waals surface area contributed by atoms with E-state index in [4.69, 9.17) is 5.73 Å². The molecular formula is C19H26N2. The van der Waals surface area contributed by atoms with E-state index in [2.05, 4.69) is 62.5 Å². The van der Waals surface area contributed by atoms with E-state index in [1.165, 1.54) is 5.56 Å². The van der Waals surface area contributed by atoms with Crippen LogP contribution in [0.15, 0.2) is 54.6 Å². The van der Waals surface area contributed by atoms with Crippen molar-refractivity contribution in [3.63, 3.8) is 0 Å². The molecule has 0 bridgehead atoms. The molecule has 0 saturated carbocycles. The molecule has 0 saturated heterocycles. The normalized spacial score (nSPS) is 13.1. The largest absolute Gasteiger partial charge is 0.398 e. The first-order chi connectivity index (χ1) is 9.96. The molecule has 0 heterocycles. The molecule has 112 valence electrons. The highest BCUT2D eigenvalue weighted by atomic mass is 14.9. The minimum Gasteiger partial charge on any atom is -0.398 e. The lowest BCUT2D eigenvalue weighted by Crippen LogP contribution is -2.25. The van der Waals surface area contributed by atoms with Crippen LogP contribution in [0, 0.1) is 5.41 Å². The van der Waals surface area contributed by atoms with Crippen molar-refractivity contribution < 1.29 is 0 Å². The molecule has 2 aromatic carbocycles. The lowest BCUT2D eigenvalue weighted by Gasteiger charge is -2.27. The van der Waals surface area contributed by atoms with Crippen LogP contribution >= 0.6 is 0 Å². The van der Waals surface area contributed by atoms with Gasteiger partial charge in [0, 0.05) is 18.3 Å². The first kappa shape index (κ1) is 15.6. The number of benzene rings is 2. The van der Waals surface area contributed by atoms with E-state index in [-0.39, 0.29) is 5.41 Å². The minimum absolute atomic E-state index is 0.274. The predicted octanol–water partition coefficient (Wildman–Crippen LogP) is 4.54. The number of hydrogen-bond donors (Lipinski definition) is 2. The van der Waals surface area contributed by atoms with Gasteiger partial charge in [-0.25, -0.2) is 0 Å². The van der Waals surface area contributed by atoms with Crippen molar-refractivity contribution in [3.8, 4) is 0 Å². The molecule has 2 nitrogen and oxygen atoms in total. The Balaban J connectivity index is 2.11. The zero-order valence-electron chi connectivity index (χ0n) is 13.3. The molecule has 0 aromatic heterocycles. The predicted molar refractivity (Wildman–Crippen MR) is 90.9 cm³/mol. The van der Waals surface area contributed by atoms with Crippen LogP contribution in [0.5, 0.6) is 0 Å². The molecule has 2 aromatic rings. The zero-order valence-corrected chi connectivity index (χ0v) is 13.3. The van der Waals surface area contributed by atoms with Crippen molar-refractivity contribution in [1.82, 2.24) is 5.32 Å². The average Bonchev–Trinajstić information content (AvgIpc) is 2.45. The van der Waals surface area contributed by atoms with Crippen LogP contribution in [-0.4, -0.2) is 0 Å². The smallest absolute Gasteiger partial charge is 0.0359 e. The van der Waals surface area contributed by atoms with Crippen LogP contribution in [-0.2, 0) is 6.54 Å². The highest BCUT2D eigenvalue weighted by Gasteiger charge is 2.19. The molecule has 0 fully saturated rings. The highest BCUT2D eigenvalue weighted by molar-refractivity contribution is 5.46. The molecule has 0 aliphatic heterocycles. The van der Waals surface area contributed by atoms with E-state index < -0.39 is 0 Å². The van der Waals surface area contributed by atoms with Gasteiger partial charge in [0.1, 0.15) is 0 Å². The third kappa shape index (κ3) is 4.91. The van der Waals surface area contributed by atoms with Crippen LogP contribution in [0.4, 0.5) is 5.69 Å². The quantitative estimate of drug-likeness (QED) is 0.790. The second-order valence-electron chi connectivity index (χ2n) is 6.81. The summed E-state index contributed by atoms with van der Waals surface area (Å²) in [4.78, 5) is 0. The summed E-state index contributed by atoms with van der Waals surface area (Å²) in [7, 11) is 0. The Labute approximate surface area is 128 Å². The van der Waals surface area contributed by atoms with Gasteiger partial charge in [-0.3, -0.25) is 0 Å². The van der Waals surface area contributed by atoms with E-state index in [0.29, 0.717) is 6.04 Å². The van der Waals surface area contributed by atoms with Gasteiger partial charge in [0.15, 0.2) is 0 Å². The van der Waals surface area contributed by atoms with Crippen LogP contribution < -0.4 is 11.1 Å². The van der Waals surface area contributed by atoms with Gasteiger partial charge >= 0.3 is 0 Å². The van der Waals surface area contributed by atoms with Gasteiger partial charge in [-0.1, -0.05) is 69.3 Å². The molecular weight excluding hydrogens is 256 g/mol. The summed E-state index contributed by atoms with van der Waals surface area (Å²) in [6.45, 7) is 7.63. The number of rotatable bonds is 5. The number of nitrogens with one attached hydrogen (secondary N) is 1. The molecule has 2 heteroatoms. The fourth-order valence-electron chi connectivity index (χ4n) is 2.53. The third-order valence-corrected chi connectivity index (χ3v) is 3.61. The maximum absolute atomic E-state index is 6.03. The van der Waals surface area contributed by atoms with Gasteiger partial charge in [-0.2, -0.15) is 0 Å². The fourth-order valence-corrected chi connectivity index (χ4v) is 2.53. The number of anilines is 1. The summed E-state index contributed by atoms with van der Waals surface area (Å²) < 4.78 is 0. The van der Waals surface area contributed by atoms with E-state index in [0.717, 1.165) is 24.2 Å². The Morgan fingerprint density at radius 2 is 1.57 bits per heavy atom. The Morgan fingerprint density at radius 3 is 2.19 bits per heavy atom. The van der Waals surface area contributed by atoms with Crippen molar-refractivity contribution >= 4 is 5.69 Å². The number of nitrogens with two attached hydrogens (primary N) is 1. The molecule has 0 aliphatic carbocycles. The molecule has 2 rings (SSSR count). The Morgan fingerprint density at radius 1 is 0.952 bits per heavy atom. The number of hydrogen-bond acceptors (Lipinski definition) is 2. The van der Waals surface area contributed by atoms with Crippen LogP contribution in [0.3, 0.4) is 0 Å². The minimum atomic E-state index is 0.274. The topological polar surface area (TPSA) is 38.0 Å². The van der Waals surface area contributed by atoms with Gasteiger partial charge in [-0.15, -0.1) is 0 Å². The maximum atomic E-state index is 6.03. The SMILES string of the molecule is CC(C)(C)CC(NCc1ccccc1N)c1ccccc1. The summed E-state index contributed by atoms with van der Waals surface area (Å²) in [5, 5.41) is 3.67. The van der Waals surface area contributed by atoms with Gasteiger partial charge in [0.2, 0.25) is 0 Å². The molecule has 0 amide bonds. The van der Waals surface area contributed by atoms with Gasteiger partial charge < -0.3 is 11.1 Å². The Hall–Kier alpha value is -1.80. The molecule has 1 unspecified atom stereocenters. The first-order valence-corrected chi connectivity index (χ1v) is 7.57. The third-order valence-electron chi connectivity index (χ3n) is 3.61. The summed E-state index contributed by atoms with van der Waals surface area (Å²) >= 11 is 0. The zero-order chi connectivity index (χ0) is 15.3. The second-order valence-corrected chi connectivity index (χ2v) is 6.81. The molecule has 3 N–H and O–H groups in total. The Bertz CT molecular complexity index is 555. The van der Waals surface area contributed by atoms with E-state index in [9.17, 15) is 0 Å². The van der Waals surface area contributed by atoms with Crippen LogP contribution in [0.2, 0.25) is 0 Å². The van der Waals surface area contributed by atoms with Crippen LogP contribution in [0.1, 0.15) is 44.4 Å².